The lowest BCUT2D eigenvalue weighted by Crippen LogP contribution is -2.08. The number of carbonyl (C=O) groups is 1. The summed E-state index contributed by atoms with van der Waals surface area (Å²) in [6, 6.07) is 15.3. The second kappa shape index (κ2) is 9.01. The van der Waals surface area contributed by atoms with E-state index in [0.29, 0.717) is 22.3 Å². The van der Waals surface area contributed by atoms with Gasteiger partial charge >= 0.3 is 12.6 Å². The molecule has 4 aromatic rings. The van der Waals surface area contributed by atoms with Gasteiger partial charge in [-0.25, -0.2) is 9.78 Å². The summed E-state index contributed by atoms with van der Waals surface area (Å²) in [5.74, 6) is -0.611. The van der Waals surface area contributed by atoms with Gasteiger partial charge in [-0.05, 0) is 30.7 Å². The third-order valence-electron chi connectivity index (χ3n) is 4.72. The number of ether oxygens (including phenoxy) is 3. The van der Waals surface area contributed by atoms with Crippen LogP contribution in [0.5, 0.6) is 11.5 Å². The number of nitrogens with zero attached hydrogens (tertiary/aromatic N) is 2. The molecule has 4 rings (SSSR count). The Bertz CT molecular complexity index is 1260. The number of carbonyl (C=O) groups excluding carboxylic acids is 1. The predicted octanol–water partition coefficient (Wildman–Crippen LogP) is 5.17. The summed E-state index contributed by atoms with van der Waals surface area (Å²) in [5.41, 5.74) is 2.87. The van der Waals surface area contributed by atoms with Crippen molar-refractivity contribution in [1.82, 2.24) is 10.1 Å². The van der Waals surface area contributed by atoms with Crippen molar-refractivity contribution < 1.29 is 32.3 Å². The van der Waals surface area contributed by atoms with Gasteiger partial charge < -0.3 is 18.7 Å². The third-order valence-corrected chi connectivity index (χ3v) is 4.72. The van der Waals surface area contributed by atoms with Crippen molar-refractivity contribution in [2.45, 2.75) is 20.1 Å². The van der Waals surface area contributed by atoms with Crippen LogP contribution in [0.2, 0.25) is 0 Å². The molecule has 0 spiro atoms. The zero-order chi connectivity index (χ0) is 22.7. The monoisotopic (exact) mass is 440 g/mol. The van der Waals surface area contributed by atoms with Gasteiger partial charge in [0, 0.05) is 5.56 Å². The lowest BCUT2D eigenvalue weighted by atomic mass is 10.1. The van der Waals surface area contributed by atoms with Crippen molar-refractivity contribution in [3.05, 3.63) is 71.4 Å². The minimum atomic E-state index is -2.98. The van der Waals surface area contributed by atoms with Gasteiger partial charge in [-0.15, -0.1) is 0 Å². The Hall–Kier alpha value is -4.01. The molecule has 0 fully saturated rings. The third kappa shape index (κ3) is 4.36. The van der Waals surface area contributed by atoms with E-state index in [4.69, 9.17) is 14.0 Å². The summed E-state index contributed by atoms with van der Waals surface area (Å²) in [7, 11) is 1.33. The standard InChI is InChI=1S/C23H18F2N2O5/c1-13-20-16(11-17(26-21(20)32-27-13)15-6-4-3-5-7-15)22(28)30-12-14-8-9-18(31-23(24)25)19(10-14)29-2/h3-11,23H,12H2,1-2H3. The number of halogens is 2. The van der Waals surface area contributed by atoms with Crippen LogP contribution in [0.4, 0.5) is 8.78 Å². The first-order valence-corrected chi connectivity index (χ1v) is 9.57. The van der Waals surface area contributed by atoms with Gasteiger partial charge in [0.15, 0.2) is 11.5 Å². The minimum Gasteiger partial charge on any atom is -0.493 e. The van der Waals surface area contributed by atoms with Gasteiger partial charge in [-0.2, -0.15) is 8.78 Å². The Balaban J connectivity index is 1.61. The van der Waals surface area contributed by atoms with Gasteiger partial charge in [0.2, 0.25) is 0 Å². The zero-order valence-electron chi connectivity index (χ0n) is 17.2. The number of aryl methyl sites for hydroxylation is 1. The van der Waals surface area contributed by atoms with Crippen molar-refractivity contribution >= 4 is 17.1 Å². The van der Waals surface area contributed by atoms with Crippen LogP contribution in [0.3, 0.4) is 0 Å². The van der Waals surface area contributed by atoms with E-state index in [1.165, 1.54) is 25.3 Å². The van der Waals surface area contributed by atoms with Gasteiger partial charge in [0.05, 0.1) is 29.4 Å². The molecule has 2 heterocycles. The van der Waals surface area contributed by atoms with Gasteiger partial charge in [-0.1, -0.05) is 41.6 Å². The Morgan fingerprint density at radius 3 is 2.59 bits per heavy atom. The highest BCUT2D eigenvalue weighted by molar-refractivity contribution is 6.04. The number of aromatic nitrogens is 2. The van der Waals surface area contributed by atoms with Gasteiger partial charge in [0.1, 0.15) is 6.61 Å². The topological polar surface area (TPSA) is 83.7 Å². The van der Waals surface area contributed by atoms with E-state index in [-0.39, 0.29) is 29.4 Å². The molecule has 0 aliphatic rings. The van der Waals surface area contributed by atoms with E-state index in [0.717, 1.165) is 5.56 Å². The largest absolute Gasteiger partial charge is 0.493 e. The second-order valence-corrected chi connectivity index (χ2v) is 6.81. The molecule has 0 saturated heterocycles. The summed E-state index contributed by atoms with van der Waals surface area (Å²) in [5, 5.41) is 4.38. The molecule has 9 heteroatoms. The summed E-state index contributed by atoms with van der Waals surface area (Å²) in [6.07, 6.45) is 0. The van der Waals surface area contributed by atoms with E-state index >= 15 is 0 Å². The molecular formula is C23H18F2N2O5. The fourth-order valence-corrected chi connectivity index (χ4v) is 3.23. The first-order chi connectivity index (χ1) is 15.5. The molecule has 0 radical (unpaired) electrons. The Kier molecular flexibility index (Phi) is 5.98. The number of hydrogen-bond acceptors (Lipinski definition) is 7. The zero-order valence-corrected chi connectivity index (χ0v) is 17.2. The van der Waals surface area contributed by atoms with Crippen molar-refractivity contribution in [1.29, 1.82) is 0 Å². The minimum absolute atomic E-state index is 0.103. The number of benzene rings is 2. The van der Waals surface area contributed by atoms with E-state index in [9.17, 15) is 13.6 Å². The number of alkyl halides is 2. The maximum absolute atomic E-state index is 13.0. The fraction of sp³-hybridized carbons (Fsp3) is 0.174. The highest BCUT2D eigenvalue weighted by atomic mass is 19.3. The molecule has 0 bridgehead atoms. The molecule has 0 aliphatic carbocycles. The molecule has 0 amide bonds. The average Bonchev–Trinajstić information content (AvgIpc) is 3.18. The summed E-state index contributed by atoms with van der Waals surface area (Å²) in [4.78, 5) is 17.4. The first-order valence-electron chi connectivity index (χ1n) is 9.57. The number of pyridine rings is 1. The van der Waals surface area contributed by atoms with Crippen LogP contribution in [-0.2, 0) is 11.3 Å². The Morgan fingerprint density at radius 1 is 1.09 bits per heavy atom. The normalized spacial score (nSPS) is 11.0. The molecule has 0 saturated carbocycles. The van der Waals surface area contributed by atoms with Crippen molar-refractivity contribution in [3.8, 4) is 22.8 Å². The van der Waals surface area contributed by atoms with Crippen molar-refractivity contribution in [2.75, 3.05) is 7.11 Å². The summed E-state index contributed by atoms with van der Waals surface area (Å²) < 4.78 is 45.2. The van der Waals surface area contributed by atoms with E-state index in [2.05, 4.69) is 14.9 Å². The van der Waals surface area contributed by atoms with Crippen LogP contribution >= 0.6 is 0 Å². The predicted molar refractivity (Wildman–Crippen MR) is 111 cm³/mol. The molecule has 2 aromatic heterocycles. The number of methoxy groups -OCH3 is 1. The number of rotatable bonds is 7. The van der Waals surface area contributed by atoms with E-state index in [1.54, 1.807) is 13.0 Å². The quantitative estimate of drug-likeness (QED) is 0.367. The number of esters is 1. The lowest BCUT2D eigenvalue weighted by molar-refractivity contribution is -0.0512. The van der Waals surface area contributed by atoms with Crippen LogP contribution in [0, 0.1) is 6.92 Å². The molecule has 0 aliphatic heterocycles. The van der Waals surface area contributed by atoms with Crippen LogP contribution in [-0.4, -0.2) is 29.8 Å². The molecule has 0 N–H and O–H groups in total. The molecule has 164 valence electrons. The molecule has 32 heavy (non-hydrogen) atoms. The molecule has 2 aromatic carbocycles. The van der Waals surface area contributed by atoms with Crippen molar-refractivity contribution in [3.63, 3.8) is 0 Å². The molecular weight excluding hydrogens is 422 g/mol. The van der Waals surface area contributed by atoms with E-state index < -0.39 is 12.6 Å². The molecule has 0 unspecified atom stereocenters. The smallest absolute Gasteiger partial charge is 0.387 e. The Morgan fingerprint density at radius 2 is 1.88 bits per heavy atom. The number of fused-ring (bicyclic) bond motifs is 1. The SMILES string of the molecule is COc1cc(COC(=O)c2cc(-c3ccccc3)nc3onc(C)c23)ccc1OC(F)F. The van der Waals surface area contributed by atoms with Crippen molar-refractivity contribution in [2.24, 2.45) is 0 Å². The second-order valence-electron chi connectivity index (χ2n) is 6.81. The molecule has 0 atom stereocenters. The highest BCUT2D eigenvalue weighted by Crippen LogP contribution is 2.31. The number of hydrogen-bond donors (Lipinski definition) is 0. The first kappa shape index (κ1) is 21.2. The lowest BCUT2D eigenvalue weighted by Gasteiger charge is -2.12. The van der Waals surface area contributed by atoms with Crippen LogP contribution < -0.4 is 9.47 Å². The summed E-state index contributed by atoms with van der Waals surface area (Å²) >= 11 is 0. The Labute approximate surface area is 181 Å². The summed E-state index contributed by atoms with van der Waals surface area (Å²) in [6.45, 7) is -1.38. The van der Waals surface area contributed by atoms with E-state index in [1.807, 2.05) is 30.3 Å². The fourth-order valence-electron chi connectivity index (χ4n) is 3.23. The van der Waals surface area contributed by atoms with Crippen LogP contribution in [0.15, 0.2) is 59.1 Å². The van der Waals surface area contributed by atoms with Gasteiger partial charge in [0.25, 0.3) is 5.71 Å². The maximum atomic E-state index is 13.0. The van der Waals surface area contributed by atoms with Crippen LogP contribution in [0.1, 0.15) is 21.6 Å². The highest BCUT2D eigenvalue weighted by Gasteiger charge is 2.21. The average molecular weight is 440 g/mol. The van der Waals surface area contributed by atoms with Gasteiger partial charge in [-0.3, -0.25) is 0 Å². The molecule has 7 nitrogen and oxygen atoms in total. The van der Waals surface area contributed by atoms with Crippen LogP contribution in [0.25, 0.3) is 22.4 Å². The maximum Gasteiger partial charge on any atom is 0.387 e.